The Morgan fingerprint density at radius 3 is 2.84 bits per heavy atom. The van der Waals surface area contributed by atoms with Crippen LogP contribution in [0.2, 0.25) is 0 Å². The molecule has 1 saturated carbocycles. The molecule has 0 N–H and O–H groups in total. The number of rotatable bonds is 6. The molecular formula is C14H16N2OS2. The van der Waals surface area contributed by atoms with Crippen LogP contribution in [0, 0.1) is 0 Å². The maximum atomic E-state index is 11.3. The molecule has 2 aromatic rings. The molecule has 3 nitrogen and oxygen atoms in total. The molecule has 0 saturated heterocycles. The smallest absolute Gasteiger partial charge is 0.169 e. The van der Waals surface area contributed by atoms with E-state index in [2.05, 4.69) is 15.3 Å². The van der Waals surface area contributed by atoms with Crippen LogP contribution in [0.15, 0.2) is 23.0 Å². The van der Waals surface area contributed by atoms with Crippen molar-refractivity contribution in [3.8, 4) is 0 Å². The van der Waals surface area contributed by atoms with Crippen LogP contribution < -0.4 is 0 Å². The first-order valence-electron chi connectivity index (χ1n) is 6.43. The summed E-state index contributed by atoms with van der Waals surface area (Å²) in [4.78, 5) is 19.0. The van der Waals surface area contributed by atoms with Gasteiger partial charge in [-0.05, 0) is 36.8 Å². The summed E-state index contributed by atoms with van der Waals surface area (Å²) >= 11 is 3.26. The van der Waals surface area contributed by atoms with Crippen molar-refractivity contribution in [3.05, 3.63) is 38.5 Å². The molecule has 3 rings (SSSR count). The zero-order chi connectivity index (χ0) is 13.2. The molecule has 2 aromatic heterocycles. The molecule has 19 heavy (non-hydrogen) atoms. The van der Waals surface area contributed by atoms with Crippen LogP contribution in [0.1, 0.15) is 40.0 Å². The Morgan fingerprint density at radius 2 is 2.26 bits per heavy atom. The molecule has 100 valence electrons. The number of ketones is 1. The molecule has 5 heteroatoms. The van der Waals surface area contributed by atoms with Crippen molar-refractivity contribution < 1.29 is 4.79 Å². The van der Waals surface area contributed by atoms with Crippen LogP contribution >= 0.6 is 22.7 Å². The highest BCUT2D eigenvalue weighted by Gasteiger charge is 2.29. The van der Waals surface area contributed by atoms with Crippen LogP contribution in [-0.4, -0.2) is 21.7 Å². The number of aromatic nitrogens is 1. The van der Waals surface area contributed by atoms with Gasteiger partial charge in [-0.3, -0.25) is 9.69 Å². The fourth-order valence-electron chi connectivity index (χ4n) is 2.14. The lowest BCUT2D eigenvalue weighted by Crippen LogP contribution is -2.24. The fourth-order valence-corrected chi connectivity index (χ4v) is 3.58. The summed E-state index contributed by atoms with van der Waals surface area (Å²) in [6.07, 6.45) is 4.44. The second kappa shape index (κ2) is 5.53. The lowest BCUT2D eigenvalue weighted by Gasteiger charge is -2.19. The standard InChI is InChI=1S/C14H16N2OS2/c1-10(17)13-6-11(9-19-13)7-16(12-2-3-12)8-14-15-4-5-18-14/h4-6,9,12H,2-3,7-8H2,1H3. The van der Waals surface area contributed by atoms with E-state index in [1.165, 1.54) is 23.4 Å². The molecule has 0 aliphatic heterocycles. The van der Waals surface area contributed by atoms with Crippen molar-refractivity contribution in [3.63, 3.8) is 0 Å². The molecule has 1 aliphatic carbocycles. The van der Waals surface area contributed by atoms with E-state index in [4.69, 9.17) is 0 Å². The summed E-state index contributed by atoms with van der Waals surface area (Å²) in [6, 6.07) is 2.73. The van der Waals surface area contributed by atoms with Crippen LogP contribution in [0.5, 0.6) is 0 Å². The molecule has 0 atom stereocenters. The monoisotopic (exact) mass is 292 g/mol. The first-order valence-corrected chi connectivity index (χ1v) is 8.19. The largest absolute Gasteiger partial charge is 0.294 e. The van der Waals surface area contributed by atoms with E-state index in [1.807, 2.05) is 17.6 Å². The minimum atomic E-state index is 0.161. The minimum Gasteiger partial charge on any atom is -0.294 e. The van der Waals surface area contributed by atoms with Crippen molar-refractivity contribution in [1.82, 2.24) is 9.88 Å². The average molecular weight is 292 g/mol. The van der Waals surface area contributed by atoms with Crippen molar-refractivity contribution in [2.75, 3.05) is 0 Å². The van der Waals surface area contributed by atoms with Gasteiger partial charge < -0.3 is 0 Å². The third kappa shape index (κ3) is 3.29. The number of thiazole rings is 1. The summed E-state index contributed by atoms with van der Waals surface area (Å²) in [6.45, 7) is 3.48. The van der Waals surface area contributed by atoms with E-state index < -0.39 is 0 Å². The zero-order valence-corrected chi connectivity index (χ0v) is 12.5. The lowest BCUT2D eigenvalue weighted by atomic mass is 10.2. The van der Waals surface area contributed by atoms with Crippen LogP contribution in [-0.2, 0) is 13.1 Å². The number of Topliss-reactive ketones (excluding diaryl/α,β-unsaturated/α-hetero) is 1. The maximum absolute atomic E-state index is 11.3. The Kier molecular flexibility index (Phi) is 3.77. The summed E-state index contributed by atoms with van der Waals surface area (Å²) in [7, 11) is 0. The van der Waals surface area contributed by atoms with Gasteiger partial charge in [-0.15, -0.1) is 22.7 Å². The van der Waals surface area contributed by atoms with Gasteiger partial charge in [-0.2, -0.15) is 0 Å². The summed E-state index contributed by atoms with van der Waals surface area (Å²) in [5, 5.41) is 5.31. The maximum Gasteiger partial charge on any atom is 0.169 e. The fraction of sp³-hybridized carbons (Fsp3) is 0.429. The molecule has 0 spiro atoms. The number of thiophene rings is 1. The van der Waals surface area contributed by atoms with Gasteiger partial charge >= 0.3 is 0 Å². The van der Waals surface area contributed by atoms with Gasteiger partial charge in [0, 0.05) is 24.2 Å². The van der Waals surface area contributed by atoms with Gasteiger partial charge in [-0.25, -0.2) is 4.98 Å². The van der Waals surface area contributed by atoms with E-state index in [0.29, 0.717) is 6.04 Å². The van der Waals surface area contributed by atoms with Gasteiger partial charge in [-0.1, -0.05) is 0 Å². The molecular weight excluding hydrogens is 276 g/mol. The molecule has 0 amide bonds. The molecule has 0 bridgehead atoms. The predicted molar refractivity (Wildman–Crippen MR) is 78.7 cm³/mol. The van der Waals surface area contributed by atoms with Crippen LogP contribution in [0.4, 0.5) is 0 Å². The average Bonchev–Trinajstić information content (AvgIpc) is 2.90. The Hall–Kier alpha value is -1.04. The summed E-state index contributed by atoms with van der Waals surface area (Å²) in [5.41, 5.74) is 1.25. The third-order valence-electron chi connectivity index (χ3n) is 3.27. The lowest BCUT2D eigenvalue weighted by molar-refractivity contribution is 0.102. The Labute approximate surface area is 120 Å². The Morgan fingerprint density at radius 1 is 1.42 bits per heavy atom. The van der Waals surface area contributed by atoms with Gasteiger partial charge in [0.1, 0.15) is 5.01 Å². The van der Waals surface area contributed by atoms with Crippen molar-refractivity contribution in [1.29, 1.82) is 0 Å². The van der Waals surface area contributed by atoms with Crippen molar-refractivity contribution >= 4 is 28.5 Å². The SMILES string of the molecule is CC(=O)c1cc(CN(Cc2nccs2)C2CC2)cs1. The zero-order valence-electron chi connectivity index (χ0n) is 10.8. The highest BCUT2D eigenvalue weighted by atomic mass is 32.1. The van der Waals surface area contributed by atoms with E-state index in [1.54, 1.807) is 29.6 Å². The van der Waals surface area contributed by atoms with Gasteiger partial charge in [0.15, 0.2) is 5.78 Å². The summed E-state index contributed by atoms with van der Waals surface area (Å²) in [5.74, 6) is 0.161. The number of carbonyl (C=O) groups is 1. The van der Waals surface area contributed by atoms with Crippen LogP contribution in [0.3, 0.4) is 0 Å². The highest BCUT2D eigenvalue weighted by molar-refractivity contribution is 7.12. The number of hydrogen-bond acceptors (Lipinski definition) is 5. The second-order valence-corrected chi connectivity index (χ2v) is 6.83. The van der Waals surface area contributed by atoms with E-state index in [0.717, 1.165) is 18.0 Å². The van der Waals surface area contributed by atoms with E-state index >= 15 is 0 Å². The first-order chi connectivity index (χ1) is 9.22. The molecule has 0 aromatic carbocycles. The van der Waals surface area contributed by atoms with Crippen LogP contribution in [0.25, 0.3) is 0 Å². The topological polar surface area (TPSA) is 33.2 Å². The summed E-state index contributed by atoms with van der Waals surface area (Å²) < 4.78 is 0. The second-order valence-electron chi connectivity index (χ2n) is 4.94. The van der Waals surface area contributed by atoms with Crippen molar-refractivity contribution in [2.45, 2.75) is 38.9 Å². The molecule has 1 fully saturated rings. The van der Waals surface area contributed by atoms with E-state index in [9.17, 15) is 4.79 Å². The van der Waals surface area contributed by atoms with Gasteiger partial charge in [0.25, 0.3) is 0 Å². The molecule has 2 heterocycles. The van der Waals surface area contributed by atoms with Gasteiger partial charge in [0.2, 0.25) is 0 Å². The number of nitrogens with zero attached hydrogens (tertiary/aromatic N) is 2. The minimum absolute atomic E-state index is 0.161. The Bertz CT molecular complexity index is 558. The Balaban J connectivity index is 1.68. The normalized spacial score (nSPS) is 15.1. The van der Waals surface area contributed by atoms with Gasteiger partial charge in [0.05, 0.1) is 11.4 Å². The number of carbonyl (C=O) groups excluding carboxylic acids is 1. The first kappa shape index (κ1) is 13.0. The quantitative estimate of drug-likeness (QED) is 0.763. The molecule has 0 radical (unpaired) electrons. The third-order valence-corrected chi connectivity index (χ3v) is 5.12. The molecule has 1 aliphatic rings. The molecule has 0 unspecified atom stereocenters. The van der Waals surface area contributed by atoms with Crippen molar-refractivity contribution in [2.24, 2.45) is 0 Å². The highest BCUT2D eigenvalue weighted by Crippen LogP contribution is 2.31. The number of hydrogen-bond donors (Lipinski definition) is 0. The predicted octanol–water partition coefficient (Wildman–Crippen LogP) is 3.57. The van der Waals surface area contributed by atoms with E-state index in [-0.39, 0.29) is 5.78 Å².